The van der Waals surface area contributed by atoms with E-state index in [0.29, 0.717) is 13.2 Å². The first kappa shape index (κ1) is 23.8. The molecular weight excluding hydrogens is 410 g/mol. The standard InChI is InChI=1S/C24H33N3O5/c1-24(2,3)16-32-22-13-19(23(29)30)26-27(22)14-21(28)25-18-11-7-8-12-20(18)31-15-17-9-5-4-6-10-17/h4-6,9-10,13,18,20H,7-8,11-12,14-16H2,1-3H3,(H,25,28)(H,29,30). The second kappa shape index (κ2) is 10.6. The molecule has 2 N–H and O–H groups in total. The number of carboxylic acids is 1. The highest BCUT2D eigenvalue weighted by Crippen LogP contribution is 2.23. The number of hydrogen-bond acceptors (Lipinski definition) is 5. The van der Waals surface area contributed by atoms with Gasteiger partial charge in [0.15, 0.2) is 5.69 Å². The number of nitrogens with zero attached hydrogens (tertiary/aromatic N) is 2. The van der Waals surface area contributed by atoms with E-state index in [-0.39, 0.29) is 41.6 Å². The normalized spacial score (nSPS) is 18.8. The lowest BCUT2D eigenvalue weighted by Crippen LogP contribution is -2.47. The summed E-state index contributed by atoms with van der Waals surface area (Å²) in [5, 5.41) is 16.4. The number of ether oxygens (including phenoxy) is 2. The fourth-order valence-electron chi connectivity index (χ4n) is 3.65. The number of benzene rings is 1. The predicted octanol–water partition coefficient (Wildman–Crippen LogP) is 3.65. The summed E-state index contributed by atoms with van der Waals surface area (Å²) in [6.45, 7) is 6.79. The maximum Gasteiger partial charge on any atom is 0.356 e. The van der Waals surface area contributed by atoms with Gasteiger partial charge in [-0.25, -0.2) is 9.48 Å². The van der Waals surface area contributed by atoms with Crippen molar-refractivity contribution in [2.75, 3.05) is 6.61 Å². The van der Waals surface area contributed by atoms with E-state index in [0.717, 1.165) is 31.2 Å². The van der Waals surface area contributed by atoms with E-state index in [4.69, 9.17) is 9.47 Å². The van der Waals surface area contributed by atoms with E-state index in [1.807, 2.05) is 51.1 Å². The van der Waals surface area contributed by atoms with E-state index in [2.05, 4.69) is 10.4 Å². The lowest BCUT2D eigenvalue weighted by atomic mass is 9.92. The third-order valence-corrected chi connectivity index (χ3v) is 5.26. The Morgan fingerprint density at radius 1 is 1.19 bits per heavy atom. The molecule has 174 valence electrons. The summed E-state index contributed by atoms with van der Waals surface area (Å²) in [4.78, 5) is 24.2. The first-order valence-electron chi connectivity index (χ1n) is 11.1. The minimum atomic E-state index is -1.16. The number of aromatic nitrogens is 2. The Bertz CT molecular complexity index is 904. The number of rotatable bonds is 9. The van der Waals surface area contributed by atoms with Crippen molar-refractivity contribution in [3.05, 3.63) is 47.7 Å². The Labute approximate surface area is 188 Å². The minimum absolute atomic E-state index is 0.0586. The zero-order valence-electron chi connectivity index (χ0n) is 19.0. The fourth-order valence-corrected chi connectivity index (χ4v) is 3.65. The minimum Gasteiger partial charge on any atom is -0.477 e. The zero-order chi connectivity index (χ0) is 23.1. The molecule has 0 radical (unpaired) electrons. The molecule has 3 rings (SSSR count). The summed E-state index contributed by atoms with van der Waals surface area (Å²) in [6, 6.07) is 11.2. The predicted molar refractivity (Wildman–Crippen MR) is 120 cm³/mol. The van der Waals surface area contributed by atoms with Crippen molar-refractivity contribution in [2.24, 2.45) is 5.41 Å². The summed E-state index contributed by atoms with van der Waals surface area (Å²) in [5.41, 5.74) is 0.830. The first-order valence-corrected chi connectivity index (χ1v) is 11.1. The van der Waals surface area contributed by atoms with E-state index in [1.54, 1.807) is 0 Å². The molecule has 1 aliphatic carbocycles. The smallest absolute Gasteiger partial charge is 0.356 e. The average Bonchev–Trinajstić information content (AvgIpc) is 3.15. The highest BCUT2D eigenvalue weighted by atomic mass is 16.5. The molecule has 1 amide bonds. The molecule has 1 aliphatic rings. The Hall–Kier alpha value is -2.87. The van der Waals surface area contributed by atoms with Gasteiger partial charge in [-0.05, 0) is 23.8 Å². The molecule has 32 heavy (non-hydrogen) atoms. The van der Waals surface area contributed by atoms with Gasteiger partial charge in [0.05, 0.1) is 25.4 Å². The molecular formula is C24H33N3O5. The summed E-state index contributed by atoms with van der Waals surface area (Å²) in [7, 11) is 0. The van der Waals surface area contributed by atoms with Gasteiger partial charge in [0.1, 0.15) is 6.54 Å². The molecule has 2 aromatic rings. The highest BCUT2D eigenvalue weighted by molar-refractivity contribution is 5.85. The SMILES string of the molecule is CC(C)(C)COc1cc(C(=O)O)nn1CC(=O)NC1CCCCC1OCc1ccccc1. The topological polar surface area (TPSA) is 103 Å². The van der Waals surface area contributed by atoms with Gasteiger partial charge in [-0.15, -0.1) is 0 Å². The van der Waals surface area contributed by atoms with Crippen LogP contribution in [0.5, 0.6) is 5.88 Å². The number of hydrogen-bond donors (Lipinski definition) is 2. The fraction of sp³-hybridized carbons (Fsp3) is 0.542. The van der Waals surface area contributed by atoms with Crippen LogP contribution in [0.4, 0.5) is 0 Å². The van der Waals surface area contributed by atoms with Crippen molar-refractivity contribution >= 4 is 11.9 Å². The molecule has 2 unspecified atom stereocenters. The maximum absolute atomic E-state index is 12.8. The summed E-state index contributed by atoms with van der Waals surface area (Å²) in [5.74, 6) is -1.13. The number of nitrogens with one attached hydrogen (secondary N) is 1. The molecule has 1 heterocycles. The largest absolute Gasteiger partial charge is 0.477 e. The third-order valence-electron chi connectivity index (χ3n) is 5.26. The van der Waals surface area contributed by atoms with Crippen molar-refractivity contribution < 1.29 is 24.2 Å². The van der Waals surface area contributed by atoms with Crippen molar-refractivity contribution in [3.63, 3.8) is 0 Å². The Balaban J connectivity index is 1.62. The van der Waals surface area contributed by atoms with Crippen LogP contribution in [0.15, 0.2) is 36.4 Å². The lowest BCUT2D eigenvalue weighted by molar-refractivity contribution is -0.124. The van der Waals surface area contributed by atoms with Gasteiger partial charge in [-0.1, -0.05) is 63.9 Å². The van der Waals surface area contributed by atoms with Gasteiger partial charge in [-0.2, -0.15) is 5.10 Å². The van der Waals surface area contributed by atoms with Gasteiger partial charge in [-0.3, -0.25) is 4.79 Å². The van der Waals surface area contributed by atoms with Crippen LogP contribution in [0, 0.1) is 5.41 Å². The van der Waals surface area contributed by atoms with Crippen LogP contribution >= 0.6 is 0 Å². The molecule has 1 aromatic heterocycles. The molecule has 0 saturated heterocycles. The number of amides is 1. The van der Waals surface area contributed by atoms with Crippen LogP contribution < -0.4 is 10.1 Å². The molecule has 0 spiro atoms. The molecule has 1 fully saturated rings. The van der Waals surface area contributed by atoms with Crippen molar-refractivity contribution in [1.82, 2.24) is 15.1 Å². The monoisotopic (exact) mass is 443 g/mol. The molecule has 2 atom stereocenters. The number of aromatic carboxylic acids is 1. The molecule has 8 nitrogen and oxygen atoms in total. The van der Waals surface area contributed by atoms with Gasteiger partial charge < -0.3 is 19.9 Å². The molecule has 8 heteroatoms. The summed E-state index contributed by atoms with van der Waals surface area (Å²) in [6.07, 6.45) is 3.77. The zero-order valence-corrected chi connectivity index (χ0v) is 19.0. The average molecular weight is 444 g/mol. The molecule has 0 bridgehead atoms. The van der Waals surface area contributed by atoms with Crippen molar-refractivity contribution in [2.45, 2.75) is 71.8 Å². The van der Waals surface area contributed by atoms with E-state index in [1.165, 1.54) is 10.7 Å². The number of carbonyl (C=O) groups is 2. The third kappa shape index (κ3) is 7.09. The quantitative estimate of drug-likeness (QED) is 0.613. The van der Waals surface area contributed by atoms with Gasteiger partial charge >= 0.3 is 5.97 Å². The van der Waals surface area contributed by atoms with Crippen molar-refractivity contribution in [3.8, 4) is 5.88 Å². The van der Waals surface area contributed by atoms with Gasteiger partial charge in [0.2, 0.25) is 11.8 Å². The van der Waals surface area contributed by atoms with Crippen molar-refractivity contribution in [1.29, 1.82) is 0 Å². The number of carbonyl (C=O) groups excluding carboxylic acids is 1. The number of carboxylic acid groups (broad SMARTS) is 1. The van der Waals surface area contributed by atoms with E-state index < -0.39 is 5.97 Å². The lowest BCUT2D eigenvalue weighted by Gasteiger charge is -2.32. The second-order valence-electron chi connectivity index (χ2n) is 9.47. The van der Waals surface area contributed by atoms with Gasteiger partial charge in [0.25, 0.3) is 0 Å². The van der Waals surface area contributed by atoms with Crippen LogP contribution in [0.2, 0.25) is 0 Å². The van der Waals surface area contributed by atoms with E-state index >= 15 is 0 Å². The Morgan fingerprint density at radius 2 is 1.91 bits per heavy atom. The molecule has 1 aromatic carbocycles. The van der Waals surface area contributed by atoms with Crippen LogP contribution in [0.3, 0.4) is 0 Å². The van der Waals surface area contributed by atoms with Gasteiger partial charge in [0, 0.05) is 6.07 Å². The van der Waals surface area contributed by atoms with E-state index in [9.17, 15) is 14.7 Å². The first-order chi connectivity index (χ1) is 15.2. The highest BCUT2D eigenvalue weighted by Gasteiger charge is 2.28. The van der Waals surface area contributed by atoms with Crippen LogP contribution in [0.1, 0.15) is 62.5 Å². The van der Waals surface area contributed by atoms with Crippen LogP contribution in [-0.4, -0.2) is 45.5 Å². The molecule has 0 aliphatic heterocycles. The van der Waals surface area contributed by atoms with Crippen LogP contribution in [-0.2, 0) is 22.7 Å². The Kier molecular flexibility index (Phi) is 7.90. The van der Waals surface area contributed by atoms with Crippen LogP contribution in [0.25, 0.3) is 0 Å². The summed E-state index contributed by atoms with van der Waals surface area (Å²) >= 11 is 0. The second-order valence-corrected chi connectivity index (χ2v) is 9.47. The maximum atomic E-state index is 12.8. The Morgan fingerprint density at radius 3 is 2.59 bits per heavy atom. The summed E-state index contributed by atoms with van der Waals surface area (Å²) < 4.78 is 13.2. The molecule has 1 saturated carbocycles.